The Bertz CT molecular complexity index is 1150. The van der Waals surface area contributed by atoms with Gasteiger partial charge in [-0.15, -0.1) is 11.8 Å². The van der Waals surface area contributed by atoms with Crippen molar-refractivity contribution in [1.82, 2.24) is 9.97 Å². The monoisotopic (exact) mass is 433 g/mol. The third kappa shape index (κ3) is 4.25. The average Bonchev–Trinajstić information content (AvgIpc) is 3.22. The maximum Gasteiger partial charge on any atom is 0.260 e. The van der Waals surface area contributed by atoms with Gasteiger partial charge in [-0.05, 0) is 61.1 Å². The minimum absolute atomic E-state index is 0.0615. The van der Waals surface area contributed by atoms with Gasteiger partial charge in [-0.25, -0.2) is 4.98 Å². The van der Waals surface area contributed by atoms with E-state index in [0.717, 1.165) is 32.1 Å². The number of rotatable bonds is 6. The van der Waals surface area contributed by atoms with Gasteiger partial charge in [0.25, 0.3) is 5.91 Å². The number of aromatic nitrogens is 2. The van der Waals surface area contributed by atoms with E-state index in [9.17, 15) is 4.79 Å². The van der Waals surface area contributed by atoms with Crippen molar-refractivity contribution in [1.29, 1.82) is 0 Å². The summed E-state index contributed by atoms with van der Waals surface area (Å²) in [7, 11) is 0. The van der Waals surface area contributed by atoms with E-state index in [1.807, 2.05) is 42.5 Å². The highest BCUT2D eigenvalue weighted by Gasteiger charge is 2.23. The van der Waals surface area contributed by atoms with Crippen molar-refractivity contribution in [3.63, 3.8) is 0 Å². The van der Waals surface area contributed by atoms with Crippen LogP contribution < -0.4 is 4.90 Å². The Labute approximate surface area is 185 Å². The first-order valence-electron chi connectivity index (χ1n) is 9.88. The second-order valence-corrected chi connectivity index (χ2v) is 9.36. The number of thiazole rings is 1. The molecule has 0 spiro atoms. The Morgan fingerprint density at radius 2 is 1.90 bits per heavy atom. The van der Waals surface area contributed by atoms with Crippen LogP contribution in [0, 0.1) is 13.8 Å². The minimum Gasteiger partial charge on any atom is -0.278 e. The molecule has 30 heavy (non-hydrogen) atoms. The van der Waals surface area contributed by atoms with E-state index in [4.69, 9.17) is 4.98 Å². The smallest absolute Gasteiger partial charge is 0.260 e. The number of fused-ring (bicyclic) bond motifs is 1. The lowest BCUT2D eigenvalue weighted by Gasteiger charge is -2.20. The Kier molecular flexibility index (Phi) is 6.16. The fourth-order valence-electron chi connectivity index (χ4n) is 3.28. The molecule has 4 rings (SSSR count). The number of carbonyl (C=O) groups is 1. The van der Waals surface area contributed by atoms with Gasteiger partial charge in [-0.3, -0.25) is 14.7 Å². The third-order valence-electron chi connectivity index (χ3n) is 4.85. The van der Waals surface area contributed by atoms with Crippen molar-refractivity contribution < 1.29 is 4.79 Å². The average molecular weight is 434 g/mol. The lowest BCUT2D eigenvalue weighted by atomic mass is 10.1. The van der Waals surface area contributed by atoms with E-state index in [1.54, 1.807) is 34.2 Å². The molecule has 2 aromatic carbocycles. The van der Waals surface area contributed by atoms with Gasteiger partial charge in [0.1, 0.15) is 0 Å². The van der Waals surface area contributed by atoms with Crippen LogP contribution >= 0.6 is 23.1 Å². The van der Waals surface area contributed by atoms with Gasteiger partial charge in [-0.1, -0.05) is 42.5 Å². The highest BCUT2D eigenvalue weighted by Crippen LogP contribution is 2.34. The molecule has 152 valence electrons. The SMILES string of the molecule is CCSc1cccc(C(=O)N(Cc2ccccn2)c2nc3c(C)ccc(C)c3s2)c1. The van der Waals surface area contributed by atoms with Crippen molar-refractivity contribution in [2.24, 2.45) is 0 Å². The van der Waals surface area contributed by atoms with E-state index in [1.165, 1.54) is 5.56 Å². The number of hydrogen-bond acceptors (Lipinski definition) is 5. The van der Waals surface area contributed by atoms with Crippen LogP contribution in [0.25, 0.3) is 10.2 Å². The molecule has 0 N–H and O–H groups in total. The quantitative estimate of drug-likeness (QED) is 0.336. The van der Waals surface area contributed by atoms with Crippen molar-refractivity contribution in [3.05, 3.63) is 83.2 Å². The van der Waals surface area contributed by atoms with E-state index in [0.29, 0.717) is 17.2 Å². The molecular formula is C24H23N3OS2. The number of carbonyl (C=O) groups excluding carboxylic acids is 1. The highest BCUT2D eigenvalue weighted by molar-refractivity contribution is 7.99. The molecule has 0 saturated heterocycles. The predicted molar refractivity (Wildman–Crippen MR) is 127 cm³/mol. The zero-order valence-corrected chi connectivity index (χ0v) is 18.9. The molecule has 0 bridgehead atoms. The van der Waals surface area contributed by atoms with Gasteiger partial charge >= 0.3 is 0 Å². The number of aryl methyl sites for hydroxylation is 2. The van der Waals surface area contributed by atoms with Crippen LogP contribution in [0.1, 0.15) is 34.1 Å². The number of anilines is 1. The standard InChI is InChI=1S/C24H23N3OS2/c1-4-29-20-10-7-8-18(14-20)23(28)27(15-19-9-5-6-13-25-19)24-26-21-16(2)11-12-17(3)22(21)30-24/h5-14H,4,15H2,1-3H3. The van der Waals surface area contributed by atoms with E-state index in [-0.39, 0.29) is 5.91 Å². The molecule has 2 aromatic heterocycles. The molecule has 0 aliphatic carbocycles. The second-order valence-electron chi connectivity index (χ2n) is 7.05. The fourth-order valence-corrected chi connectivity index (χ4v) is 5.11. The van der Waals surface area contributed by atoms with Crippen molar-refractivity contribution in [2.45, 2.75) is 32.2 Å². The number of pyridine rings is 1. The van der Waals surface area contributed by atoms with Crippen LogP contribution in [0.2, 0.25) is 0 Å². The molecule has 2 heterocycles. The molecule has 1 amide bonds. The van der Waals surface area contributed by atoms with Crippen molar-refractivity contribution in [3.8, 4) is 0 Å². The molecule has 0 unspecified atom stereocenters. The van der Waals surface area contributed by atoms with Gasteiger partial charge < -0.3 is 0 Å². The highest BCUT2D eigenvalue weighted by atomic mass is 32.2. The van der Waals surface area contributed by atoms with Gasteiger partial charge in [0.2, 0.25) is 0 Å². The van der Waals surface area contributed by atoms with Gasteiger partial charge in [0.15, 0.2) is 5.13 Å². The summed E-state index contributed by atoms with van der Waals surface area (Å²) >= 11 is 3.29. The Balaban J connectivity index is 1.79. The normalized spacial score (nSPS) is 11.0. The Hall–Kier alpha value is -2.70. The second kappa shape index (κ2) is 8.98. The summed E-state index contributed by atoms with van der Waals surface area (Å²) in [4.78, 5) is 25.8. The summed E-state index contributed by atoms with van der Waals surface area (Å²) in [5, 5.41) is 0.701. The molecule has 0 atom stereocenters. The number of nitrogens with zero attached hydrogens (tertiary/aromatic N) is 3. The Morgan fingerprint density at radius 1 is 1.07 bits per heavy atom. The predicted octanol–water partition coefficient (Wildman–Crippen LogP) is 6.27. The van der Waals surface area contributed by atoms with Crippen molar-refractivity contribution >= 4 is 44.4 Å². The largest absolute Gasteiger partial charge is 0.278 e. The summed E-state index contributed by atoms with van der Waals surface area (Å²) in [6.45, 7) is 6.63. The third-order valence-corrected chi connectivity index (χ3v) is 6.93. The van der Waals surface area contributed by atoms with E-state index in [2.05, 4.69) is 37.9 Å². The number of amides is 1. The zero-order valence-electron chi connectivity index (χ0n) is 17.3. The van der Waals surface area contributed by atoms with Crippen LogP contribution in [0.5, 0.6) is 0 Å². The van der Waals surface area contributed by atoms with E-state index >= 15 is 0 Å². The molecule has 0 aliphatic rings. The molecule has 4 nitrogen and oxygen atoms in total. The summed E-state index contributed by atoms with van der Waals surface area (Å²) in [6.07, 6.45) is 1.75. The van der Waals surface area contributed by atoms with Crippen LogP contribution in [-0.2, 0) is 6.54 Å². The van der Waals surface area contributed by atoms with E-state index < -0.39 is 0 Å². The van der Waals surface area contributed by atoms with Crippen molar-refractivity contribution in [2.75, 3.05) is 10.7 Å². The first-order chi connectivity index (χ1) is 14.6. The van der Waals surface area contributed by atoms with Crippen LogP contribution in [0.3, 0.4) is 0 Å². The summed E-state index contributed by atoms with van der Waals surface area (Å²) in [5.74, 6) is 0.902. The topological polar surface area (TPSA) is 46.1 Å². The first kappa shape index (κ1) is 20.6. The lowest BCUT2D eigenvalue weighted by molar-refractivity contribution is 0.0984. The minimum atomic E-state index is -0.0615. The Morgan fingerprint density at radius 3 is 2.63 bits per heavy atom. The molecule has 0 fully saturated rings. The van der Waals surface area contributed by atoms with Gasteiger partial charge in [-0.2, -0.15) is 0 Å². The van der Waals surface area contributed by atoms with Crippen LogP contribution in [-0.4, -0.2) is 21.6 Å². The fraction of sp³-hybridized carbons (Fsp3) is 0.208. The van der Waals surface area contributed by atoms with Gasteiger partial charge in [0.05, 0.1) is 22.5 Å². The molecule has 0 radical (unpaired) electrons. The number of benzene rings is 2. The van der Waals surface area contributed by atoms with Gasteiger partial charge in [0, 0.05) is 16.7 Å². The molecular weight excluding hydrogens is 410 g/mol. The molecule has 6 heteroatoms. The summed E-state index contributed by atoms with van der Waals surface area (Å²) < 4.78 is 1.12. The maximum absolute atomic E-state index is 13.6. The summed E-state index contributed by atoms with van der Waals surface area (Å²) in [6, 6.07) is 17.8. The molecule has 0 aliphatic heterocycles. The summed E-state index contributed by atoms with van der Waals surface area (Å²) in [5.41, 5.74) is 4.74. The zero-order chi connectivity index (χ0) is 21.1. The first-order valence-corrected chi connectivity index (χ1v) is 11.7. The van der Waals surface area contributed by atoms with Crippen LogP contribution in [0.4, 0.5) is 5.13 Å². The number of thioether (sulfide) groups is 1. The molecule has 0 saturated carbocycles. The lowest BCUT2D eigenvalue weighted by Crippen LogP contribution is -2.30. The van der Waals surface area contributed by atoms with Crippen LogP contribution in [0.15, 0.2) is 65.7 Å². The number of hydrogen-bond donors (Lipinski definition) is 0. The maximum atomic E-state index is 13.6. The molecule has 4 aromatic rings.